The van der Waals surface area contributed by atoms with Gasteiger partial charge in [-0.3, -0.25) is 4.68 Å². The molecule has 96 valence electrons. The molecule has 4 nitrogen and oxygen atoms in total. The van der Waals surface area contributed by atoms with Gasteiger partial charge >= 0.3 is 5.97 Å². The third-order valence-corrected chi connectivity index (χ3v) is 3.92. The molecular weight excluding hydrogens is 272 g/mol. The molecule has 0 fully saturated rings. The molecule has 0 aliphatic rings. The first-order chi connectivity index (χ1) is 8.58. The Bertz CT molecular complexity index is 589. The molecule has 0 bridgehead atoms. The van der Waals surface area contributed by atoms with E-state index >= 15 is 0 Å². The SMILES string of the molecule is CCc1c(Cl)nn(C)c1-c1csc(C(=O)OC)c1. The van der Waals surface area contributed by atoms with Gasteiger partial charge in [-0.1, -0.05) is 18.5 Å². The van der Waals surface area contributed by atoms with Crippen molar-refractivity contribution in [3.05, 3.63) is 27.0 Å². The van der Waals surface area contributed by atoms with E-state index in [1.54, 1.807) is 4.68 Å². The molecule has 0 atom stereocenters. The molecule has 0 aliphatic heterocycles. The summed E-state index contributed by atoms with van der Waals surface area (Å²) in [5.74, 6) is -0.322. The molecule has 0 N–H and O–H groups in total. The van der Waals surface area contributed by atoms with Crippen LogP contribution in [-0.2, 0) is 18.2 Å². The molecule has 0 unspecified atom stereocenters. The quantitative estimate of drug-likeness (QED) is 0.813. The number of aryl methyl sites for hydroxylation is 1. The Kier molecular flexibility index (Phi) is 3.73. The lowest BCUT2D eigenvalue weighted by Gasteiger charge is -2.01. The number of esters is 1. The number of halogens is 1. The molecule has 2 rings (SSSR count). The number of carbonyl (C=O) groups excluding carboxylic acids is 1. The van der Waals surface area contributed by atoms with E-state index in [0.29, 0.717) is 10.0 Å². The molecule has 18 heavy (non-hydrogen) atoms. The van der Waals surface area contributed by atoms with E-state index in [1.165, 1.54) is 18.4 Å². The van der Waals surface area contributed by atoms with Gasteiger partial charge in [0.05, 0.1) is 12.8 Å². The van der Waals surface area contributed by atoms with E-state index in [0.717, 1.165) is 23.2 Å². The van der Waals surface area contributed by atoms with Crippen LogP contribution in [0.25, 0.3) is 11.3 Å². The summed E-state index contributed by atoms with van der Waals surface area (Å²) in [5.41, 5.74) is 2.89. The third kappa shape index (κ3) is 2.15. The summed E-state index contributed by atoms with van der Waals surface area (Å²) in [4.78, 5) is 12.0. The van der Waals surface area contributed by atoms with Crippen molar-refractivity contribution in [2.24, 2.45) is 7.05 Å². The number of rotatable bonds is 3. The summed E-state index contributed by atoms with van der Waals surface area (Å²) >= 11 is 7.43. The van der Waals surface area contributed by atoms with Gasteiger partial charge in [-0.05, 0) is 12.5 Å². The monoisotopic (exact) mass is 284 g/mol. The van der Waals surface area contributed by atoms with Gasteiger partial charge in [0.2, 0.25) is 0 Å². The van der Waals surface area contributed by atoms with Gasteiger partial charge in [0, 0.05) is 23.6 Å². The lowest BCUT2D eigenvalue weighted by molar-refractivity contribution is 0.0606. The predicted octanol–water partition coefficient (Wildman–Crippen LogP) is 3.15. The molecule has 0 aromatic carbocycles. The number of ether oxygens (including phenoxy) is 1. The second-order valence-electron chi connectivity index (χ2n) is 3.79. The fourth-order valence-corrected chi connectivity index (χ4v) is 3.02. The zero-order valence-corrected chi connectivity index (χ0v) is 11.9. The molecule has 2 heterocycles. The Labute approximate surface area is 114 Å². The summed E-state index contributed by atoms with van der Waals surface area (Å²) in [5, 5.41) is 6.63. The van der Waals surface area contributed by atoms with Crippen LogP contribution in [0.2, 0.25) is 5.15 Å². The minimum atomic E-state index is -0.322. The molecule has 0 spiro atoms. The average molecular weight is 285 g/mol. The molecule has 0 aliphatic carbocycles. The normalized spacial score (nSPS) is 10.7. The van der Waals surface area contributed by atoms with Crippen molar-refractivity contribution in [3.8, 4) is 11.3 Å². The molecule has 0 saturated heterocycles. The molecule has 2 aromatic heterocycles. The van der Waals surface area contributed by atoms with E-state index in [1.807, 2.05) is 25.4 Å². The number of methoxy groups -OCH3 is 1. The minimum Gasteiger partial charge on any atom is -0.465 e. The first-order valence-electron chi connectivity index (χ1n) is 5.47. The lowest BCUT2D eigenvalue weighted by Crippen LogP contribution is -1.97. The Balaban J connectivity index is 2.49. The van der Waals surface area contributed by atoms with Gasteiger partial charge < -0.3 is 4.74 Å². The van der Waals surface area contributed by atoms with E-state index < -0.39 is 0 Å². The summed E-state index contributed by atoms with van der Waals surface area (Å²) in [6.45, 7) is 2.03. The van der Waals surface area contributed by atoms with Crippen molar-refractivity contribution in [2.45, 2.75) is 13.3 Å². The van der Waals surface area contributed by atoms with Crippen molar-refractivity contribution in [2.75, 3.05) is 7.11 Å². The number of hydrogen-bond acceptors (Lipinski definition) is 4. The summed E-state index contributed by atoms with van der Waals surface area (Å²) in [6.07, 6.45) is 0.797. The summed E-state index contributed by atoms with van der Waals surface area (Å²) < 4.78 is 6.44. The van der Waals surface area contributed by atoms with Crippen molar-refractivity contribution in [1.29, 1.82) is 0 Å². The molecule has 0 amide bonds. The second kappa shape index (κ2) is 5.12. The average Bonchev–Trinajstić information content (AvgIpc) is 2.92. The maximum Gasteiger partial charge on any atom is 0.348 e. The third-order valence-electron chi connectivity index (χ3n) is 2.71. The maximum atomic E-state index is 11.4. The van der Waals surface area contributed by atoms with Crippen LogP contribution in [0, 0.1) is 0 Å². The van der Waals surface area contributed by atoms with E-state index in [-0.39, 0.29) is 5.97 Å². The zero-order valence-electron chi connectivity index (χ0n) is 10.4. The minimum absolute atomic E-state index is 0.322. The molecule has 0 saturated carbocycles. The highest BCUT2D eigenvalue weighted by atomic mass is 35.5. The van der Waals surface area contributed by atoms with Crippen LogP contribution in [0.15, 0.2) is 11.4 Å². The van der Waals surface area contributed by atoms with Crippen LogP contribution in [-0.4, -0.2) is 22.9 Å². The van der Waals surface area contributed by atoms with Crippen molar-refractivity contribution in [1.82, 2.24) is 9.78 Å². The van der Waals surface area contributed by atoms with Crippen molar-refractivity contribution in [3.63, 3.8) is 0 Å². The number of carbonyl (C=O) groups is 1. The first-order valence-corrected chi connectivity index (χ1v) is 6.72. The topological polar surface area (TPSA) is 44.1 Å². The van der Waals surface area contributed by atoms with Crippen LogP contribution in [0.3, 0.4) is 0 Å². The number of aromatic nitrogens is 2. The number of thiophene rings is 1. The van der Waals surface area contributed by atoms with Gasteiger partial charge in [0.15, 0.2) is 5.15 Å². The molecule has 2 aromatic rings. The van der Waals surface area contributed by atoms with Crippen LogP contribution in [0.5, 0.6) is 0 Å². The standard InChI is InChI=1S/C12H13ClN2O2S/c1-4-8-10(15(2)14-11(8)13)7-5-9(18-6-7)12(16)17-3/h5-6H,4H2,1-3H3. The Morgan fingerprint density at radius 2 is 2.33 bits per heavy atom. The number of hydrogen-bond donors (Lipinski definition) is 0. The lowest BCUT2D eigenvalue weighted by atomic mass is 10.1. The Morgan fingerprint density at radius 1 is 1.61 bits per heavy atom. The van der Waals surface area contributed by atoms with E-state index in [4.69, 9.17) is 16.3 Å². The van der Waals surface area contributed by atoms with Crippen LogP contribution < -0.4 is 0 Å². The van der Waals surface area contributed by atoms with Gasteiger partial charge in [-0.15, -0.1) is 11.3 Å². The van der Waals surface area contributed by atoms with Crippen LogP contribution >= 0.6 is 22.9 Å². The highest BCUT2D eigenvalue weighted by molar-refractivity contribution is 7.12. The number of nitrogens with zero attached hydrogens (tertiary/aromatic N) is 2. The molecule has 6 heteroatoms. The largest absolute Gasteiger partial charge is 0.465 e. The highest BCUT2D eigenvalue weighted by Gasteiger charge is 2.18. The zero-order chi connectivity index (χ0) is 13.3. The summed E-state index contributed by atoms with van der Waals surface area (Å²) in [7, 11) is 3.22. The van der Waals surface area contributed by atoms with E-state index in [9.17, 15) is 4.79 Å². The van der Waals surface area contributed by atoms with Crippen LogP contribution in [0.1, 0.15) is 22.2 Å². The van der Waals surface area contributed by atoms with Crippen molar-refractivity contribution < 1.29 is 9.53 Å². The predicted molar refractivity (Wildman–Crippen MR) is 72.2 cm³/mol. The van der Waals surface area contributed by atoms with Gasteiger partial charge in [0.1, 0.15) is 4.88 Å². The van der Waals surface area contributed by atoms with Gasteiger partial charge in [0.25, 0.3) is 0 Å². The Morgan fingerprint density at radius 3 is 2.94 bits per heavy atom. The fourth-order valence-electron chi connectivity index (χ4n) is 1.88. The van der Waals surface area contributed by atoms with Gasteiger partial charge in [-0.2, -0.15) is 5.10 Å². The first kappa shape index (κ1) is 13.1. The fraction of sp³-hybridized carbons (Fsp3) is 0.333. The van der Waals surface area contributed by atoms with Gasteiger partial charge in [-0.25, -0.2) is 4.79 Å². The van der Waals surface area contributed by atoms with E-state index in [2.05, 4.69) is 5.10 Å². The molecular formula is C12H13ClN2O2S. The molecule has 0 radical (unpaired) electrons. The second-order valence-corrected chi connectivity index (χ2v) is 5.06. The van der Waals surface area contributed by atoms with Crippen LogP contribution in [0.4, 0.5) is 0 Å². The summed E-state index contributed by atoms with van der Waals surface area (Å²) in [6, 6.07) is 1.81. The Hall–Kier alpha value is -1.33. The smallest absolute Gasteiger partial charge is 0.348 e. The highest BCUT2D eigenvalue weighted by Crippen LogP contribution is 2.32. The maximum absolute atomic E-state index is 11.4. The van der Waals surface area contributed by atoms with Crippen molar-refractivity contribution >= 4 is 28.9 Å².